The average molecular weight is 287 g/mol. The van der Waals surface area contributed by atoms with Gasteiger partial charge in [-0.15, -0.1) is 8.78 Å². The van der Waals surface area contributed by atoms with Crippen molar-refractivity contribution in [2.24, 2.45) is 0 Å². The molecule has 0 aromatic heterocycles. The topological polar surface area (TPSA) is 0 Å². The van der Waals surface area contributed by atoms with Crippen molar-refractivity contribution in [3.05, 3.63) is 60.7 Å². The first-order chi connectivity index (χ1) is 9.03. The highest BCUT2D eigenvalue weighted by Gasteiger charge is 2.60. The Morgan fingerprint density at radius 2 is 1.11 bits per heavy atom. The first-order valence-corrected chi connectivity index (χ1v) is 6.76. The number of rotatable bonds is 4. The monoisotopic (exact) mass is 287 g/mol. The van der Waals surface area contributed by atoms with Crippen LogP contribution in [0.15, 0.2) is 70.5 Å². The van der Waals surface area contributed by atoms with Gasteiger partial charge in [0.15, 0.2) is 9.79 Å². The Hall–Kier alpha value is -1.49. The molecule has 2 aromatic carbocycles. The Kier molecular flexibility index (Phi) is 4.14. The van der Waals surface area contributed by atoms with Crippen molar-refractivity contribution in [2.45, 2.75) is 21.5 Å². The first kappa shape index (κ1) is 13.9. The molecule has 100 valence electrons. The molecule has 0 spiro atoms. The molecule has 0 amide bonds. The van der Waals surface area contributed by atoms with Crippen LogP contribution in [0.1, 0.15) is 0 Å². The molecule has 5 heteroatoms. The maximum atomic E-state index is 13.8. The molecule has 0 fully saturated rings. The van der Waals surface area contributed by atoms with E-state index in [0.717, 1.165) is 0 Å². The van der Waals surface area contributed by atoms with Crippen LogP contribution in [-0.4, -0.2) is 11.7 Å². The summed E-state index contributed by atoms with van der Waals surface area (Å²) >= 11 is 0. The third-order valence-electron chi connectivity index (χ3n) is 2.48. The minimum atomic E-state index is -4.08. The summed E-state index contributed by atoms with van der Waals surface area (Å²) in [5, 5.41) is -4.08. The average Bonchev–Trinajstić information content (AvgIpc) is 2.41. The van der Waals surface area contributed by atoms with E-state index in [1.54, 1.807) is 36.4 Å². The zero-order valence-corrected chi connectivity index (χ0v) is 10.6. The zero-order chi connectivity index (χ0) is 13.9. The van der Waals surface area contributed by atoms with E-state index in [-0.39, 0.29) is 9.79 Å². The van der Waals surface area contributed by atoms with Gasteiger partial charge >= 0.3 is 11.7 Å². The number of hydrogen-bond acceptors (Lipinski definition) is 0. The van der Waals surface area contributed by atoms with Gasteiger partial charge in [-0.25, -0.2) is 0 Å². The normalized spacial score (nSPS) is 12.1. The van der Waals surface area contributed by atoms with Crippen LogP contribution in [0.2, 0.25) is 0 Å². The summed E-state index contributed by atoms with van der Waals surface area (Å²) < 4.78 is 53.1. The van der Waals surface area contributed by atoms with Crippen LogP contribution in [-0.2, 0) is 10.9 Å². The Labute approximate surface area is 111 Å². The van der Waals surface area contributed by atoms with Crippen LogP contribution >= 0.6 is 0 Å². The minimum absolute atomic E-state index is 0.207. The molecular formula is C14H11F4S+. The number of benzene rings is 2. The molecule has 0 radical (unpaired) electrons. The lowest BCUT2D eigenvalue weighted by Crippen LogP contribution is -2.36. The molecule has 0 saturated carbocycles. The van der Waals surface area contributed by atoms with E-state index in [1.807, 2.05) is 0 Å². The maximum absolute atomic E-state index is 13.8. The summed E-state index contributed by atoms with van der Waals surface area (Å²) in [6, 6.07) is 15.4. The van der Waals surface area contributed by atoms with Crippen molar-refractivity contribution in [3.8, 4) is 0 Å². The molecule has 0 N–H and O–H groups in total. The van der Waals surface area contributed by atoms with Gasteiger partial charge in [0.05, 0.1) is 0 Å². The molecule has 0 saturated heterocycles. The van der Waals surface area contributed by atoms with Gasteiger partial charge in [0.25, 0.3) is 0 Å². The quantitative estimate of drug-likeness (QED) is 0.570. The minimum Gasteiger partial charge on any atom is -0.197 e. The fourth-order valence-corrected chi connectivity index (χ4v) is 3.59. The Morgan fingerprint density at radius 1 is 0.737 bits per heavy atom. The van der Waals surface area contributed by atoms with E-state index in [4.69, 9.17) is 0 Å². The summed E-state index contributed by atoms with van der Waals surface area (Å²) in [6.45, 7) is 0. The third-order valence-corrected chi connectivity index (χ3v) is 4.69. The molecule has 2 aromatic rings. The molecular weight excluding hydrogens is 276 g/mol. The fraction of sp³-hybridized carbons (Fsp3) is 0.143. The number of alkyl halides is 4. The number of halogens is 4. The molecule has 0 aliphatic rings. The SMILES string of the molecule is FC(F)C(F)(F)[S+](c1ccccc1)c1ccccc1. The van der Waals surface area contributed by atoms with Crippen molar-refractivity contribution in [1.82, 2.24) is 0 Å². The van der Waals surface area contributed by atoms with Crippen LogP contribution in [0, 0.1) is 0 Å². The molecule has 0 aliphatic carbocycles. The van der Waals surface area contributed by atoms with E-state index in [9.17, 15) is 17.6 Å². The molecule has 0 unspecified atom stereocenters. The summed E-state index contributed by atoms with van der Waals surface area (Å²) in [7, 11) is -1.98. The molecule has 0 atom stereocenters. The highest BCUT2D eigenvalue weighted by Crippen LogP contribution is 2.40. The second kappa shape index (κ2) is 5.65. The van der Waals surface area contributed by atoms with E-state index < -0.39 is 22.6 Å². The van der Waals surface area contributed by atoms with Gasteiger partial charge in [-0.2, -0.15) is 8.78 Å². The van der Waals surface area contributed by atoms with Crippen molar-refractivity contribution in [2.75, 3.05) is 0 Å². The zero-order valence-electron chi connectivity index (χ0n) is 9.77. The van der Waals surface area contributed by atoms with Gasteiger partial charge in [0.2, 0.25) is 0 Å². The van der Waals surface area contributed by atoms with Gasteiger partial charge in [0, 0.05) is 0 Å². The lowest BCUT2D eigenvalue weighted by molar-refractivity contribution is -0.0593. The van der Waals surface area contributed by atoms with E-state index in [1.165, 1.54) is 24.3 Å². The van der Waals surface area contributed by atoms with E-state index >= 15 is 0 Å². The third kappa shape index (κ3) is 2.92. The van der Waals surface area contributed by atoms with Crippen LogP contribution in [0.25, 0.3) is 0 Å². The molecule has 19 heavy (non-hydrogen) atoms. The highest BCUT2D eigenvalue weighted by molar-refractivity contribution is 7.98. The molecule has 0 heterocycles. The lowest BCUT2D eigenvalue weighted by Gasteiger charge is -2.16. The Bertz CT molecular complexity index is 474. The molecule has 0 bridgehead atoms. The van der Waals surface area contributed by atoms with Crippen LogP contribution < -0.4 is 0 Å². The van der Waals surface area contributed by atoms with Crippen LogP contribution in [0.4, 0.5) is 17.6 Å². The largest absolute Gasteiger partial charge is 0.481 e. The van der Waals surface area contributed by atoms with Gasteiger partial charge in [-0.3, -0.25) is 0 Å². The highest BCUT2D eigenvalue weighted by atomic mass is 32.2. The molecule has 0 aliphatic heterocycles. The Morgan fingerprint density at radius 3 is 1.42 bits per heavy atom. The van der Waals surface area contributed by atoms with Crippen molar-refractivity contribution in [3.63, 3.8) is 0 Å². The summed E-state index contributed by atoms with van der Waals surface area (Å²) in [5.74, 6) is 0. The molecule has 2 rings (SSSR count). The van der Waals surface area contributed by atoms with Crippen molar-refractivity contribution < 1.29 is 17.6 Å². The van der Waals surface area contributed by atoms with E-state index in [2.05, 4.69) is 0 Å². The van der Waals surface area contributed by atoms with Crippen LogP contribution in [0.3, 0.4) is 0 Å². The van der Waals surface area contributed by atoms with Crippen LogP contribution in [0.5, 0.6) is 0 Å². The smallest absolute Gasteiger partial charge is 0.197 e. The van der Waals surface area contributed by atoms with Crippen molar-refractivity contribution in [1.29, 1.82) is 0 Å². The lowest BCUT2D eigenvalue weighted by atomic mass is 10.4. The second-order valence-corrected chi connectivity index (χ2v) is 5.89. The maximum Gasteiger partial charge on any atom is 0.481 e. The number of hydrogen-bond donors (Lipinski definition) is 0. The second-order valence-electron chi connectivity index (χ2n) is 3.79. The van der Waals surface area contributed by atoms with Crippen molar-refractivity contribution >= 4 is 10.9 Å². The predicted molar refractivity (Wildman–Crippen MR) is 67.7 cm³/mol. The van der Waals surface area contributed by atoms with Gasteiger partial charge in [0.1, 0.15) is 10.9 Å². The predicted octanol–water partition coefficient (Wildman–Crippen LogP) is 4.58. The van der Waals surface area contributed by atoms with E-state index in [0.29, 0.717) is 0 Å². The van der Waals surface area contributed by atoms with Gasteiger partial charge < -0.3 is 0 Å². The summed E-state index contributed by atoms with van der Waals surface area (Å²) in [6.07, 6.45) is -3.70. The standard InChI is InChI=1S/C14H11F4S/c15-13(16)14(17,18)19(11-7-3-1-4-8-11)12-9-5-2-6-10-12/h1-10,13H/q+1. The van der Waals surface area contributed by atoms with Gasteiger partial charge in [-0.05, 0) is 24.3 Å². The van der Waals surface area contributed by atoms with Gasteiger partial charge in [-0.1, -0.05) is 36.4 Å². The summed E-state index contributed by atoms with van der Waals surface area (Å²) in [5.41, 5.74) is 0. The fourth-order valence-electron chi connectivity index (χ4n) is 1.65. The first-order valence-electron chi connectivity index (χ1n) is 5.54. The molecule has 0 nitrogen and oxygen atoms in total. The summed E-state index contributed by atoms with van der Waals surface area (Å²) in [4.78, 5) is 0.415. The Balaban J connectivity index is 2.52.